The van der Waals surface area contributed by atoms with E-state index in [4.69, 9.17) is 0 Å². The summed E-state index contributed by atoms with van der Waals surface area (Å²) in [5, 5.41) is 5.10. The highest BCUT2D eigenvalue weighted by atomic mass is 32.1. The number of allylic oxidation sites excluding steroid dienone is 2. The number of amides is 3. The maximum Gasteiger partial charge on any atom is 0.249 e. The second-order valence-electron chi connectivity index (χ2n) is 7.46. The monoisotopic (exact) mass is 409 g/mol. The average Bonchev–Trinajstić information content (AvgIpc) is 3.31. The van der Waals surface area contributed by atoms with Crippen LogP contribution in [0.2, 0.25) is 0 Å². The van der Waals surface area contributed by atoms with E-state index in [-0.39, 0.29) is 23.7 Å². The summed E-state index contributed by atoms with van der Waals surface area (Å²) in [4.78, 5) is 43.7. The first kappa shape index (κ1) is 19.5. The van der Waals surface area contributed by atoms with E-state index in [0.717, 1.165) is 22.6 Å². The van der Waals surface area contributed by atoms with Crippen LogP contribution in [0.15, 0.2) is 41.8 Å². The average molecular weight is 410 g/mol. The molecule has 6 nitrogen and oxygen atoms in total. The van der Waals surface area contributed by atoms with Crippen LogP contribution in [0.4, 0.5) is 5.13 Å². The fourth-order valence-electron chi connectivity index (χ4n) is 3.91. The summed E-state index contributed by atoms with van der Waals surface area (Å²) < 4.78 is 0. The third kappa shape index (κ3) is 3.62. The van der Waals surface area contributed by atoms with Gasteiger partial charge in [-0.3, -0.25) is 19.3 Å². The fraction of sp³-hybridized carbons (Fsp3) is 0.364. The summed E-state index contributed by atoms with van der Waals surface area (Å²) in [6, 6.07) is 7.29. The predicted molar refractivity (Wildman–Crippen MR) is 112 cm³/mol. The maximum atomic E-state index is 12.7. The highest BCUT2D eigenvalue weighted by molar-refractivity contribution is 7.14. The van der Waals surface area contributed by atoms with Crippen molar-refractivity contribution in [1.29, 1.82) is 0 Å². The summed E-state index contributed by atoms with van der Waals surface area (Å²) in [6.07, 6.45) is 5.97. The number of rotatable bonds is 5. The molecular formula is C22H23N3O3S. The van der Waals surface area contributed by atoms with Gasteiger partial charge in [-0.1, -0.05) is 43.3 Å². The van der Waals surface area contributed by atoms with Gasteiger partial charge >= 0.3 is 0 Å². The lowest BCUT2D eigenvalue weighted by Gasteiger charge is -2.21. The largest absolute Gasteiger partial charge is 0.300 e. The number of carbonyl (C=O) groups excluding carboxylic acids is 3. The summed E-state index contributed by atoms with van der Waals surface area (Å²) in [5.41, 5.74) is 3.02. The van der Waals surface area contributed by atoms with Crippen LogP contribution in [0.25, 0.3) is 11.3 Å². The summed E-state index contributed by atoms with van der Waals surface area (Å²) in [6.45, 7) is 3.70. The zero-order chi connectivity index (χ0) is 20.5. The van der Waals surface area contributed by atoms with Gasteiger partial charge in [0, 0.05) is 10.9 Å². The number of hydrogen-bond acceptors (Lipinski definition) is 5. The Morgan fingerprint density at radius 3 is 2.38 bits per heavy atom. The van der Waals surface area contributed by atoms with E-state index in [1.54, 1.807) is 6.92 Å². The van der Waals surface area contributed by atoms with Crippen molar-refractivity contribution in [3.05, 3.63) is 47.4 Å². The quantitative estimate of drug-likeness (QED) is 0.604. The molecule has 1 aliphatic carbocycles. The maximum absolute atomic E-state index is 12.7. The summed E-state index contributed by atoms with van der Waals surface area (Å²) in [5.74, 6) is -1.56. The molecule has 2 aliphatic rings. The number of nitrogens with one attached hydrogen (secondary N) is 1. The van der Waals surface area contributed by atoms with Crippen LogP contribution < -0.4 is 5.32 Å². The van der Waals surface area contributed by atoms with Crippen molar-refractivity contribution in [2.75, 3.05) is 5.32 Å². The number of aryl methyl sites for hydroxylation is 1. The van der Waals surface area contributed by atoms with Crippen LogP contribution in [0.5, 0.6) is 0 Å². The van der Waals surface area contributed by atoms with Crippen molar-refractivity contribution < 1.29 is 14.4 Å². The van der Waals surface area contributed by atoms with Gasteiger partial charge in [0.1, 0.15) is 6.04 Å². The van der Waals surface area contributed by atoms with Crippen molar-refractivity contribution in [2.24, 2.45) is 11.8 Å². The molecule has 1 aromatic heterocycles. The van der Waals surface area contributed by atoms with Gasteiger partial charge in [-0.15, -0.1) is 11.3 Å². The van der Waals surface area contributed by atoms with E-state index in [1.807, 2.05) is 29.7 Å². The fourth-order valence-corrected chi connectivity index (χ4v) is 4.63. The Morgan fingerprint density at radius 1 is 1.17 bits per heavy atom. The standard InChI is InChI=1S/C22H23N3O3S/c1-3-14-8-10-15(11-9-14)18-12-29-22(23-18)24-19(26)13(2)25-20(27)16-6-4-5-7-17(16)21(25)28/h4-5,8-13,16-17H,3,6-7H2,1-2H3,(H,23,24,26)/t13-,16+,17+/m0/s1. The number of likely N-dealkylation sites (tertiary alicyclic amines) is 1. The summed E-state index contributed by atoms with van der Waals surface area (Å²) in [7, 11) is 0. The molecule has 2 heterocycles. The number of nitrogens with zero attached hydrogens (tertiary/aromatic N) is 2. The van der Waals surface area contributed by atoms with Gasteiger partial charge in [-0.2, -0.15) is 0 Å². The summed E-state index contributed by atoms with van der Waals surface area (Å²) >= 11 is 1.32. The number of benzene rings is 1. The topological polar surface area (TPSA) is 79.4 Å². The van der Waals surface area contributed by atoms with Crippen molar-refractivity contribution >= 4 is 34.2 Å². The molecule has 1 aromatic carbocycles. The van der Waals surface area contributed by atoms with Crippen molar-refractivity contribution in [3.8, 4) is 11.3 Å². The number of carbonyl (C=O) groups is 3. The Bertz CT molecular complexity index is 953. The third-order valence-corrected chi connectivity index (χ3v) is 6.46. The lowest BCUT2D eigenvalue weighted by Crippen LogP contribution is -2.46. The SMILES string of the molecule is CCc1ccc(-c2csc(NC(=O)[C@H](C)N3C(=O)[C@@H]4CC=CC[C@H]4C3=O)n2)cc1. The van der Waals surface area contributed by atoms with Gasteiger partial charge < -0.3 is 5.32 Å². The van der Waals surface area contributed by atoms with Gasteiger partial charge in [0.25, 0.3) is 0 Å². The molecule has 0 spiro atoms. The first-order chi connectivity index (χ1) is 14.0. The first-order valence-electron chi connectivity index (χ1n) is 9.87. The van der Waals surface area contributed by atoms with Gasteiger partial charge in [0.05, 0.1) is 17.5 Å². The molecule has 3 atom stereocenters. The molecule has 1 fully saturated rings. The molecular weight excluding hydrogens is 386 g/mol. The van der Waals surface area contributed by atoms with Crippen molar-refractivity contribution in [3.63, 3.8) is 0 Å². The zero-order valence-corrected chi connectivity index (χ0v) is 17.2. The van der Waals surface area contributed by atoms with Crippen molar-refractivity contribution in [2.45, 2.75) is 39.2 Å². The van der Waals surface area contributed by atoms with Crippen LogP contribution in [0.1, 0.15) is 32.3 Å². The van der Waals surface area contributed by atoms with E-state index >= 15 is 0 Å². The number of thiazole rings is 1. The minimum atomic E-state index is -0.864. The number of aromatic nitrogens is 1. The molecule has 0 bridgehead atoms. The minimum absolute atomic E-state index is 0.247. The molecule has 0 unspecified atom stereocenters. The molecule has 3 amide bonds. The van der Waals surface area contributed by atoms with E-state index in [1.165, 1.54) is 16.9 Å². The first-order valence-corrected chi connectivity index (χ1v) is 10.7. The highest BCUT2D eigenvalue weighted by Gasteiger charge is 2.50. The molecule has 29 heavy (non-hydrogen) atoms. The van der Waals surface area contributed by atoms with Gasteiger partial charge in [0.15, 0.2) is 5.13 Å². The number of anilines is 1. The van der Waals surface area contributed by atoms with E-state index in [9.17, 15) is 14.4 Å². The Morgan fingerprint density at radius 2 is 1.79 bits per heavy atom. The predicted octanol–water partition coefficient (Wildman–Crippen LogP) is 3.65. The molecule has 7 heteroatoms. The smallest absolute Gasteiger partial charge is 0.249 e. The van der Waals surface area contributed by atoms with E-state index < -0.39 is 11.9 Å². The van der Waals surface area contributed by atoms with Gasteiger partial charge in [-0.25, -0.2) is 4.98 Å². The Balaban J connectivity index is 1.45. The van der Waals surface area contributed by atoms with E-state index in [2.05, 4.69) is 29.4 Å². The Labute approximate surface area is 173 Å². The van der Waals surface area contributed by atoms with Gasteiger partial charge in [-0.05, 0) is 31.7 Å². The molecule has 150 valence electrons. The zero-order valence-electron chi connectivity index (χ0n) is 16.4. The normalized spacial score (nSPS) is 21.9. The third-order valence-electron chi connectivity index (χ3n) is 5.70. The molecule has 0 saturated carbocycles. The second-order valence-corrected chi connectivity index (χ2v) is 8.31. The molecule has 4 rings (SSSR count). The minimum Gasteiger partial charge on any atom is -0.300 e. The van der Waals surface area contributed by atoms with Crippen LogP contribution in [-0.2, 0) is 20.8 Å². The lowest BCUT2D eigenvalue weighted by molar-refractivity contribution is -0.146. The Kier molecular flexibility index (Phi) is 5.32. The molecule has 1 saturated heterocycles. The van der Waals surface area contributed by atoms with Crippen LogP contribution in [0.3, 0.4) is 0 Å². The highest BCUT2D eigenvalue weighted by Crippen LogP contribution is 2.36. The van der Waals surface area contributed by atoms with Crippen LogP contribution in [-0.4, -0.2) is 33.6 Å². The molecule has 0 radical (unpaired) electrons. The van der Waals surface area contributed by atoms with Crippen LogP contribution >= 0.6 is 11.3 Å². The number of fused-ring (bicyclic) bond motifs is 1. The molecule has 1 N–H and O–H groups in total. The van der Waals surface area contributed by atoms with E-state index in [0.29, 0.717) is 18.0 Å². The number of imide groups is 1. The molecule has 2 aromatic rings. The van der Waals surface area contributed by atoms with Gasteiger partial charge in [0.2, 0.25) is 17.7 Å². The second kappa shape index (κ2) is 7.91. The number of hydrogen-bond donors (Lipinski definition) is 1. The lowest BCUT2D eigenvalue weighted by atomic mass is 9.85. The Hall–Kier alpha value is -2.80. The van der Waals surface area contributed by atoms with Crippen molar-refractivity contribution in [1.82, 2.24) is 9.88 Å². The van der Waals surface area contributed by atoms with Crippen LogP contribution in [0, 0.1) is 11.8 Å². The molecule has 1 aliphatic heterocycles.